The lowest BCUT2D eigenvalue weighted by Crippen LogP contribution is -2.22. The van der Waals surface area contributed by atoms with Crippen LogP contribution in [0.4, 0.5) is 0 Å². The number of fused-ring (bicyclic) bond motifs is 1. The summed E-state index contributed by atoms with van der Waals surface area (Å²) in [6.45, 7) is 7.50. The van der Waals surface area contributed by atoms with Crippen molar-refractivity contribution in [2.75, 3.05) is 0 Å². The van der Waals surface area contributed by atoms with Gasteiger partial charge in [0.2, 0.25) is 0 Å². The van der Waals surface area contributed by atoms with E-state index < -0.39 is 0 Å². The van der Waals surface area contributed by atoms with Crippen molar-refractivity contribution in [1.29, 1.82) is 0 Å². The zero-order valence-electron chi connectivity index (χ0n) is 15.1. The largest absolute Gasteiger partial charge is 0.333 e. The number of benzene rings is 1. The number of aromatic nitrogens is 4. The van der Waals surface area contributed by atoms with Crippen LogP contribution in [0.15, 0.2) is 47.2 Å². The smallest absolute Gasteiger partial charge is 0.263 e. The van der Waals surface area contributed by atoms with E-state index in [4.69, 9.17) is 0 Å². The van der Waals surface area contributed by atoms with E-state index >= 15 is 0 Å². The molecule has 0 atom stereocenters. The summed E-state index contributed by atoms with van der Waals surface area (Å²) in [6.07, 6.45) is 5.23. The van der Waals surface area contributed by atoms with Crippen molar-refractivity contribution >= 4 is 21.6 Å². The molecule has 0 radical (unpaired) electrons. The zero-order valence-corrected chi connectivity index (χ0v) is 15.9. The lowest BCUT2D eigenvalue weighted by molar-refractivity contribution is 0.653. The maximum absolute atomic E-state index is 13.2. The van der Waals surface area contributed by atoms with Crippen LogP contribution >= 0.6 is 11.3 Å². The third kappa shape index (κ3) is 2.76. The van der Waals surface area contributed by atoms with E-state index in [9.17, 15) is 4.79 Å². The molecular formula is C20H20N4OS. The van der Waals surface area contributed by atoms with Crippen molar-refractivity contribution < 1.29 is 0 Å². The summed E-state index contributed by atoms with van der Waals surface area (Å²) in [5, 5.41) is 2.75. The summed E-state index contributed by atoms with van der Waals surface area (Å²) in [6, 6.07) is 6.33. The van der Waals surface area contributed by atoms with Gasteiger partial charge in [0.1, 0.15) is 4.83 Å². The fraction of sp³-hybridized carbons (Fsp3) is 0.250. The summed E-state index contributed by atoms with van der Waals surface area (Å²) in [5.41, 5.74) is 5.42. The topological polar surface area (TPSA) is 52.7 Å². The van der Waals surface area contributed by atoms with Crippen LogP contribution in [0.1, 0.15) is 23.7 Å². The van der Waals surface area contributed by atoms with E-state index in [1.165, 1.54) is 16.9 Å². The Balaban J connectivity index is 1.87. The molecule has 0 amide bonds. The van der Waals surface area contributed by atoms with Gasteiger partial charge in [-0.1, -0.05) is 23.8 Å². The minimum Gasteiger partial charge on any atom is -0.333 e. The molecular weight excluding hydrogens is 344 g/mol. The van der Waals surface area contributed by atoms with E-state index in [-0.39, 0.29) is 5.56 Å². The monoisotopic (exact) mass is 364 g/mol. The number of rotatable bonds is 4. The van der Waals surface area contributed by atoms with Crippen LogP contribution in [0.2, 0.25) is 0 Å². The number of thiophene rings is 1. The van der Waals surface area contributed by atoms with Crippen molar-refractivity contribution in [1.82, 2.24) is 19.1 Å². The Labute approximate surface area is 155 Å². The van der Waals surface area contributed by atoms with Crippen molar-refractivity contribution in [2.45, 2.75) is 33.9 Å². The summed E-state index contributed by atoms with van der Waals surface area (Å²) in [5.74, 6) is 0. The van der Waals surface area contributed by atoms with Gasteiger partial charge in [0, 0.05) is 23.7 Å². The molecule has 5 nitrogen and oxygen atoms in total. The minimum atomic E-state index is -0.00370. The molecule has 0 bridgehead atoms. The van der Waals surface area contributed by atoms with Crippen LogP contribution < -0.4 is 5.56 Å². The van der Waals surface area contributed by atoms with Gasteiger partial charge in [-0.3, -0.25) is 9.36 Å². The van der Waals surface area contributed by atoms with Crippen LogP contribution in [0.5, 0.6) is 0 Å². The van der Waals surface area contributed by atoms with Crippen molar-refractivity contribution in [3.8, 4) is 11.1 Å². The van der Waals surface area contributed by atoms with Crippen LogP contribution in [-0.4, -0.2) is 19.1 Å². The Kier molecular flexibility index (Phi) is 4.20. The van der Waals surface area contributed by atoms with Crippen LogP contribution in [0.25, 0.3) is 21.3 Å². The Hall–Kier alpha value is -2.73. The Morgan fingerprint density at radius 2 is 1.96 bits per heavy atom. The first-order valence-corrected chi connectivity index (χ1v) is 9.49. The van der Waals surface area contributed by atoms with Gasteiger partial charge in [-0.25, -0.2) is 9.97 Å². The van der Waals surface area contributed by atoms with Gasteiger partial charge < -0.3 is 4.57 Å². The predicted octanol–water partition coefficient (Wildman–Crippen LogP) is 4.01. The van der Waals surface area contributed by atoms with Gasteiger partial charge in [-0.05, 0) is 31.9 Å². The molecule has 0 unspecified atom stereocenters. The molecule has 0 saturated heterocycles. The van der Waals surface area contributed by atoms with Crippen LogP contribution in [0.3, 0.4) is 0 Å². The Bertz CT molecular complexity index is 1150. The molecule has 0 aliphatic heterocycles. The lowest BCUT2D eigenvalue weighted by atomic mass is 9.99. The molecule has 0 fully saturated rings. The molecule has 0 saturated carbocycles. The van der Waals surface area contributed by atoms with Gasteiger partial charge in [-0.15, -0.1) is 11.3 Å². The fourth-order valence-corrected chi connectivity index (χ4v) is 4.14. The average molecular weight is 364 g/mol. The lowest BCUT2D eigenvalue weighted by Gasteiger charge is -2.09. The molecule has 26 heavy (non-hydrogen) atoms. The second kappa shape index (κ2) is 6.53. The molecule has 4 aromatic rings. The number of nitrogens with zero attached hydrogens (tertiary/aromatic N) is 4. The molecule has 4 rings (SSSR count). The number of hydrogen-bond donors (Lipinski definition) is 0. The van der Waals surface area contributed by atoms with Crippen molar-refractivity contribution in [3.63, 3.8) is 0 Å². The molecule has 3 aromatic heterocycles. The summed E-state index contributed by atoms with van der Waals surface area (Å²) < 4.78 is 3.71. The molecule has 0 aliphatic carbocycles. The SMILES string of the molecule is CCn1cncc1Cn1cnc2scc(-c3cc(C)ccc3C)c2c1=O. The zero-order chi connectivity index (χ0) is 18.3. The standard InChI is InChI=1S/C20H20N4OS/c1-4-23-11-21-8-15(23)9-24-12-22-19-18(20(24)25)17(10-26-19)16-7-13(2)5-6-14(16)3/h5-8,10-12H,4,9H2,1-3H3. The van der Waals surface area contributed by atoms with Gasteiger partial charge in [0.05, 0.1) is 30.3 Å². The second-order valence-corrected chi connectivity index (χ2v) is 7.35. The highest BCUT2D eigenvalue weighted by Crippen LogP contribution is 2.33. The van der Waals surface area contributed by atoms with Crippen molar-refractivity contribution in [3.05, 3.63) is 69.6 Å². The molecule has 6 heteroatoms. The molecule has 1 aromatic carbocycles. The molecule has 132 valence electrons. The number of imidazole rings is 1. The van der Waals surface area contributed by atoms with Gasteiger partial charge in [0.25, 0.3) is 5.56 Å². The summed E-state index contributed by atoms with van der Waals surface area (Å²) in [7, 11) is 0. The highest BCUT2D eigenvalue weighted by Gasteiger charge is 2.15. The quantitative estimate of drug-likeness (QED) is 0.550. The maximum Gasteiger partial charge on any atom is 0.263 e. The first-order chi connectivity index (χ1) is 12.6. The number of hydrogen-bond acceptors (Lipinski definition) is 4. The maximum atomic E-state index is 13.2. The molecule has 0 aliphatic rings. The second-order valence-electron chi connectivity index (χ2n) is 6.50. The third-order valence-corrected chi connectivity index (χ3v) is 5.60. The molecule has 3 heterocycles. The van der Waals surface area contributed by atoms with Crippen molar-refractivity contribution in [2.24, 2.45) is 0 Å². The highest BCUT2D eigenvalue weighted by molar-refractivity contribution is 7.17. The van der Waals surface area contributed by atoms with Gasteiger partial charge in [0.15, 0.2) is 0 Å². The van der Waals surface area contributed by atoms with Crippen LogP contribution in [0, 0.1) is 13.8 Å². The number of aryl methyl sites for hydroxylation is 3. The Morgan fingerprint density at radius 1 is 1.12 bits per heavy atom. The van der Waals surface area contributed by atoms with E-state index in [2.05, 4.69) is 48.9 Å². The predicted molar refractivity (Wildman–Crippen MR) is 106 cm³/mol. The molecule has 0 N–H and O–H groups in total. The molecule has 0 spiro atoms. The van der Waals surface area contributed by atoms with E-state index in [0.717, 1.165) is 33.8 Å². The minimum absolute atomic E-state index is 0.00370. The first-order valence-electron chi connectivity index (χ1n) is 8.61. The Morgan fingerprint density at radius 3 is 2.77 bits per heavy atom. The van der Waals surface area contributed by atoms with Gasteiger partial charge >= 0.3 is 0 Å². The first kappa shape index (κ1) is 16.7. The van der Waals surface area contributed by atoms with Crippen LogP contribution in [-0.2, 0) is 13.1 Å². The fourth-order valence-electron chi connectivity index (χ4n) is 3.24. The van der Waals surface area contributed by atoms with E-state index in [0.29, 0.717) is 11.9 Å². The van der Waals surface area contributed by atoms with E-state index in [1.807, 2.05) is 9.95 Å². The average Bonchev–Trinajstić information content (AvgIpc) is 3.26. The van der Waals surface area contributed by atoms with Gasteiger partial charge in [-0.2, -0.15) is 0 Å². The van der Waals surface area contributed by atoms with E-state index in [1.54, 1.807) is 23.4 Å². The highest BCUT2D eigenvalue weighted by atomic mass is 32.1. The summed E-state index contributed by atoms with van der Waals surface area (Å²) in [4.78, 5) is 22.7. The third-order valence-electron chi connectivity index (χ3n) is 4.72. The summed E-state index contributed by atoms with van der Waals surface area (Å²) >= 11 is 1.52. The normalized spacial score (nSPS) is 11.3.